The molecule has 1 rings (SSSR count). The van der Waals surface area contributed by atoms with Crippen LogP contribution < -0.4 is 16.6 Å². The van der Waals surface area contributed by atoms with E-state index in [9.17, 15) is 0 Å². The Balaban J connectivity index is 3.09. The first-order chi connectivity index (χ1) is 7.10. The summed E-state index contributed by atoms with van der Waals surface area (Å²) in [5.74, 6) is 6.04. The maximum absolute atomic E-state index is 5.50. The fraction of sp³-hybridized carbons (Fsp3) is 0.500. The van der Waals surface area contributed by atoms with Crippen molar-refractivity contribution in [2.24, 2.45) is 5.84 Å². The third-order valence-electron chi connectivity index (χ3n) is 2.74. The lowest BCUT2D eigenvalue weighted by molar-refractivity contribution is 0.486. The van der Waals surface area contributed by atoms with Gasteiger partial charge in [-0.1, -0.05) is 32.0 Å². The maximum Gasteiger partial charge on any atom is 0.0961 e. The minimum absolute atomic E-state index is 0.0173. The second-order valence-corrected chi connectivity index (χ2v) is 4.16. The summed E-state index contributed by atoms with van der Waals surface area (Å²) < 4.78 is 0. The molecular formula is C12H21N3. The van der Waals surface area contributed by atoms with Crippen molar-refractivity contribution in [2.75, 3.05) is 7.05 Å². The highest BCUT2D eigenvalue weighted by molar-refractivity contribution is 5.34. The van der Waals surface area contributed by atoms with Crippen molar-refractivity contribution in [3.63, 3.8) is 0 Å². The summed E-state index contributed by atoms with van der Waals surface area (Å²) in [4.78, 5) is 0. The van der Waals surface area contributed by atoms with Crippen molar-refractivity contribution in [2.45, 2.75) is 32.9 Å². The van der Waals surface area contributed by atoms with E-state index in [1.54, 1.807) is 0 Å². The smallest absolute Gasteiger partial charge is 0.0961 e. The van der Waals surface area contributed by atoms with Crippen molar-refractivity contribution in [3.05, 3.63) is 34.9 Å². The number of hydrogen-bond acceptors (Lipinski definition) is 3. The van der Waals surface area contributed by atoms with E-state index < -0.39 is 0 Å². The highest BCUT2D eigenvalue weighted by Gasteiger charge is 2.11. The van der Waals surface area contributed by atoms with Gasteiger partial charge in [-0.2, -0.15) is 0 Å². The standard InChI is InChI=1S/C12H21N3/c1-8(2)10-6-5-9(3)11(7-10)12(14-4)15-13/h5-8,12,14-15H,13H2,1-4H3. The van der Waals surface area contributed by atoms with Crippen LogP contribution in [0.15, 0.2) is 18.2 Å². The molecule has 0 saturated heterocycles. The van der Waals surface area contributed by atoms with Gasteiger partial charge in [-0.05, 0) is 36.6 Å². The molecule has 3 heteroatoms. The molecule has 0 radical (unpaired) electrons. The monoisotopic (exact) mass is 207 g/mol. The molecule has 0 amide bonds. The maximum atomic E-state index is 5.50. The number of hydrazine groups is 1. The van der Waals surface area contributed by atoms with Crippen LogP contribution in [0.4, 0.5) is 0 Å². The predicted octanol–water partition coefficient (Wildman–Crippen LogP) is 1.80. The number of aryl methyl sites for hydroxylation is 1. The van der Waals surface area contributed by atoms with Crippen LogP contribution in [0.5, 0.6) is 0 Å². The number of nitrogens with one attached hydrogen (secondary N) is 2. The lowest BCUT2D eigenvalue weighted by atomic mass is 9.96. The topological polar surface area (TPSA) is 50.1 Å². The van der Waals surface area contributed by atoms with E-state index >= 15 is 0 Å². The molecule has 1 atom stereocenters. The summed E-state index contributed by atoms with van der Waals surface area (Å²) in [6.07, 6.45) is 0.0173. The molecule has 15 heavy (non-hydrogen) atoms. The van der Waals surface area contributed by atoms with E-state index in [-0.39, 0.29) is 6.17 Å². The molecule has 1 unspecified atom stereocenters. The second kappa shape index (κ2) is 5.26. The molecule has 4 N–H and O–H groups in total. The Bertz CT molecular complexity index is 317. The quantitative estimate of drug-likeness (QED) is 0.401. The van der Waals surface area contributed by atoms with Crippen LogP contribution in [0.25, 0.3) is 0 Å². The predicted molar refractivity (Wildman–Crippen MR) is 64.4 cm³/mol. The fourth-order valence-corrected chi connectivity index (χ4v) is 1.66. The summed E-state index contributed by atoms with van der Waals surface area (Å²) in [5.41, 5.74) is 6.56. The number of benzene rings is 1. The van der Waals surface area contributed by atoms with E-state index in [4.69, 9.17) is 5.84 Å². The Hall–Kier alpha value is -0.900. The average molecular weight is 207 g/mol. The first-order valence-corrected chi connectivity index (χ1v) is 5.34. The van der Waals surface area contributed by atoms with Crippen LogP contribution >= 0.6 is 0 Å². The zero-order chi connectivity index (χ0) is 11.4. The fourth-order valence-electron chi connectivity index (χ4n) is 1.66. The molecule has 0 aliphatic rings. The van der Waals surface area contributed by atoms with Crippen LogP contribution in [-0.2, 0) is 0 Å². The van der Waals surface area contributed by atoms with Gasteiger partial charge in [0.2, 0.25) is 0 Å². The summed E-state index contributed by atoms with van der Waals surface area (Å²) in [6, 6.07) is 6.53. The van der Waals surface area contributed by atoms with E-state index in [0.717, 1.165) is 0 Å². The molecule has 0 heterocycles. The van der Waals surface area contributed by atoms with Gasteiger partial charge in [-0.15, -0.1) is 0 Å². The third kappa shape index (κ3) is 2.78. The van der Waals surface area contributed by atoms with Crippen LogP contribution in [0.3, 0.4) is 0 Å². The van der Waals surface area contributed by atoms with Gasteiger partial charge in [0.1, 0.15) is 0 Å². The molecule has 84 valence electrons. The molecule has 0 aliphatic heterocycles. The van der Waals surface area contributed by atoms with Crippen molar-refractivity contribution in [3.8, 4) is 0 Å². The Kier molecular flexibility index (Phi) is 4.27. The molecule has 0 aliphatic carbocycles. The molecule has 0 aromatic heterocycles. The second-order valence-electron chi connectivity index (χ2n) is 4.16. The molecule has 0 spiro atoms. The highest BCUT2D eigenvalue weighted by Crippen LogP contribution is 2.21. The minimum Gasteiger partial charge on any atom is -0.300 e. The molecule has 0 fully saturated rings. The Morgan fingerprint density at radius 1 is 1.27 bits per heavy atom. The Labute approximate surface area is 92.0 Å². The third-order valence-corrected chi connectivity index (χ3v) is 2.74. The van der Waals surface area contributed by atoms with Crippen molar-refractivity contribution in [1.82, 2.24) is 10.7 Å². The van der Waals surface area contributed by atoms with Crippen LogP contribution in [-0.4, -0.2) is 7.05 Å². The van der Waals surface area contributed by atoms with Crippen molar-refractivity contribution >= 4 is 0 Å². The molecule has 1 aromatic carbocycles. The average Bonchev–Trinajstić information content (AvgIpc) is 2.22. The lowest BCUT2D eigenvalue weighted by Crippen LogP contribution is -2.37. The van der Waals surface area contributed by atoms with E-state index in [1.807, 2.05) is 7.05 Å². The molecule has 0 saturated carbocycles. The van der Waals surface area contributed by atoms with Gasteiger partial charge in [-0.3, -0.25) is 5.84 Å². The van der Waals surface area contributed by atoms with Gasteiger partial charge in [0.25, 0.3) is 0 Å². The first-order valence-electron chi connectivity index (χ1n) is 5.34. The highest BCUT2D eigenvalue weighted by atomic mass is 15.3. The van der Waals surface area contributed by atoms with Crippen LogP contribution in [0, 0.1) is 6.92 Å². The van der Waals surface area contributed by atoms with Gasteiger partial charge in [0.05, 0.1) is 6.17 Å². The number of hydrogen-bond donors (Lipinski definition) is 3. The van der Waals surface area contributed by atoms with Gasteiger partial charge in [0, 0.05) is 0 Å². The van der Waals surface area contributed by atoms with Crippen LogP contribution in [0.1, 0.15) is 42.6 Å². The normalized spacial score (nSPS) is 13.2. The summed E-state index contributed by atoms with van der Waals surface area (Å²) >= 11 is 0. The van der Waals surface area contributed by atoms with Gasteiger partial charge < -0.3 is 5.32 Å². The lowest BCUT2D eigenvalue weighted by Gasteiger charge is -2.19. The summed E-state index contributed by atoms with van der Waals surface area (Å²) in [7, 11) is 1.89. The number of nitrogens with two attached hydrogens (primary N) is 1. The Morgan fingerprint density at radius 3 is 2.40 bits per heavy atom. The number of rotatable bonds is 4. The van der Waals surface area contributed by atoms with Crippen LogP contribution in [0.2, 0.25) is 0 Å². The van der Waals surface area contributed by atoms with Gasteiger partial charge in [-0.25, -0.2) is 5.43 Å². The van der Waals surface area contributed by atoms with Crippen molar-refractivity contribution in [1.29, 1.82) is 0 Å². The zero-order valence-corrected chi connectivity index (χ0v) is 9.96. The minimum atomic E-state index is 0.0173. The van der Waals surface area contributed by atoms with Gasteiger partial charge >= 0.3 is 0 Å². The van der Waals surface area contributed by atoms with E-state index in [1.165, 1.54) is 16.7 Å². The van der Waals surface area contributed by atoms with Crippen molar-refractivity contribution < 1.29 is 0 Å². The zero-order valence-electron chi connectivity index (χ0n) is 9.96. The first kappa shape index (κ1) is 12.2. The van der Waals surface area contributed by atoms with Gasteiger partial charge in [0.15, 0.2) is 0 Å². The molecule has 0 bridgehead atoms. The molecule has 3 nitrogen and oxygen atoms in total. The molecular weight excluding hydrogens is 186 g/mol. The largest absolute Gasteiger partial charge is 0.300 e. The summed E-state index contributed by atoms with van der Waals surface area (Å²) in [5, 5.41) is 3.14. The van der Waals surface area contributed by atoms with E-state index in [0.29, 0.717) is 5.92 Å². The Morgan fingerprint density at radius 2 is 1.93 bits per heavy atom. The SMILES string of the molecule is CNC(NN)c1cc(C(C)C)ccc1C. The molecule has 1 aromatic rings. The summed E-state index contributed by atoms with van der Waals surface area (Å²) in [6.45, 7) is 6.48. The van der Waals surface area contributed by atoms with E-state index in [2.05, 4.69) is 49.7 Å².